The summed E-state index contributed by atoms with van der Waals surface area (Å²) in [6.45, 7) is 4.38. The van der Waals surface area contributed by atoms with Crippen LogP contribution in [0.4, 0.5) is 0 Å². The summed E-state index contributed by atoms with van der Waals surface area (Å²) >= 11 is 3.60. The summed E-state index contributed by atoms with van der Waals surface area (Å²) in [6, 6.07) is 6.14. The number of halogens is 1. The molecule has 0 fully saturated rings. The molecule has 2 nitrogen and oxygen atoms in total. The van der Waals surface area contributed by atoms with Crippen LogP contribution in [0.1, 0.15) is 25.3 Å². The van der Waals surface area contributed by atoms with E-state index >= 15 is 0 Å². The lowest BCUT2D eigenvalue weighted by atomic mass is 10.2. The molecule has 0 unspecified atom stereocenters. The number of nitrogens with zero attached hydrogens (tertiary/aromatic N) is 1. The zero-order valence-corrected chi connectivity index (χ0v) is 11.4. The smallest absolute Gasteiger partial charge is 0.169 e. The fourth-order valence-electron chi connectivity index (χ4n) is 2.09. The van der Waals surface area contributed by atoms with E-state index in [0.717, 1.165) is 16.8 Å². The van der Waals surface area contributed by atoms with Crippen molar-refractivity contribution in [1.82, 2.24) is 0 Å². The molecule has 0 bridgehead atoms. The lowest BCUT2D eigenvalue weighted by Crippen LogP contribution is -2.13. The van der Waals surface area contributed by atoms with Crippen molar-refractivity contribution in [3.8, 4) is 5.75 Å². The molecule has 0 aliphatic carbocycles. The molecule has 0 atom stereocenters. The van der Waals surface area contributed by atoms with Crippen LogP contribution in [0.3, 0.4) is 0 Å². The third-order valence-electron chi connectivity index (χ3n) is 3.12. The summed E-state index contributed by atoms with van der Waals surface area (Å²) in [7, 11) is 1.71. The van der Waals surface area contributed by atoms with Crippen molar-refractivity contribution in [3.05, 3.63) is 28.2 Å². The Labute approximate surface area is 105 Å². The first-order valence-corrected chi connectivity index (χ1v) is 6.40. The molecule has 3 heteroatoms. The molecule has 0 N–H and O–H groups in total. The lowest BCUT2D eigenvalue weighted by molar-refractivity contribution is -0.536. The van der Waals surface area contributed by atoms with E-state index in [4.69, 9.17) is 4.74 Å². The van der Waals surface area contributed by atoms with Gasteiger partial charge in [-0.05, 0) is 18.2 Å². The monoisotopic (exact) mass is 282 g/mol. The zero-order chi connectivity index (χ0) is 11.5. The Morgan fingerprint density at radius 3 is 2.88 bits per heavy atom. The fraction of sp³-hybridized carbons (Fsp3) is 0.462. The highest BCUT2D eigenvalue weighted by molar-refractivity contribution is 9.10. The van der Waals surface area contributed by atoms with Crippen molar-refractivity contribution in [2.45, 2.75) is 26.3 Å². The molecule has 0 saturated carbocycles. The van der Waals surface area contributed by atoms with Gasteiger partial charge in [0.15, 0.2) is 6.54 Å². The topological polar surface area (TPSA) is 12.2 Å². The average molecular weight is 283 g/mol. The number of hydrogen-bond acceptors (Lipinski definition) is 1. The minimum Gasteiger partial charge on any atom is -0.497 e. The lowest BCUT2D eigenvalue weighted by Gasteiger charge is -2.06. The molecule has 0 saturated heterocycles. The van der Waals surface area contributed by atoms with E-state index < -0.39 is 0 Å². The molecule has 1 aliphatic rings. The Balaban J connectivity index is 2.23. The van der Waals surface area contributed by atoms with Crippen molar-refractivity contribution in [3.63, 3.8) is 0 Å². The maximum Gasteiger partial charge on any atom is 0.169 e. The standard InChI is InChI=1S/C13H17BrNO/c1-10-4-3-7-15(10)9-11-8-12(16-2)5-6-13(11)14/h5-6,8H,3-4,7,9H2,1-2H3/q+1. The molecular formula is C13H17BrNO+. The third-order valence-corrected chi connectivity index (χ3v) is 3.89. The van der Waals surface area contributed by atoms with E-state index in [0.29, 0.717) is 0 Å². The summed E-state index contributed by atoms with van der Waals surface area (Å²) in [6.07, 6.45) is 2.52. The molecule has 1 heterocycles. The summed E-state index contributed by atoms with van der Waals surface area (Å²) in [5, 5.41) is 0. The highest BCUT2D eigenvalue weighted by Crippen LogP contribution is 2.23. The summed E-state index contributed by atoms with van der Waals surface area (Å²) < 4.78 is 8.86. The van der Waals surface area contributed by atoms with Gasteiger partial charge in [-0.2, -0.15) is 0 Å². The van der Waals surface area contributed by atoms with Crippen LogP contribution in [0.5, 0.6) is 5.75 Å². The summed E-state index contributed by atoms with van der Waals surface area (Å²) in [5.41, 5.74) is 2.79. The molecule has 0 radical (unpaired) electrons. The van der Waals surface area contributed by atoms with Crippen molar-refractivity contribution in [1.29, 1.82) is 0 Å². The van der Waals surface area contributed by atoms with Gasteiger partial charge in [-0.3, -0.25) is 0 Å². The van der Waals surface area contributed by atoms with Gasteiger partial charge in [-0.15, -0.1) is 0 Å². The van der Waals surface area contributed by atoms with E-state index in [2.05, 4.69) is 39.6 Å². The molecule has 2 rings (SSSR count). The highest BCUT2D eigenvalue weighted by Gasteiger charge is 2.19. The molecule has 1 aliphatic heterocycles. The predicted molar refractivity (Wildman–Crippen MR) is 69.4 cm³/mol. The summed E-state index contributed by atoms with van der Waals surface area (Å²) in [5.74, 6) is 0.926. The summed E-state index contributed by atoms with van der Waals surface area (Å²) in [4.78, 5) is 0. The van der Waals surface area contributed by atoms with Gasteiger partial charge >= 0.3 is 0 Å². The van der Waals surface area contributed by atoms with Gasteiger partial charge in [0.25, 0.3) is 0 Å². The zero-order valence-electron chi connectivity index (χ0n) is 9.79. The van der Waals surface area contributed by atoms with Crippen LogP contribution < -0.4 is 4.74 Å². The highest BCUT2D eigenvalue weighted by atomic mass is 79.9. The Kier molecular flexibility index (Phi) is 3.64. The van der Waals surface area contributed by atoms with Crippen LogP contribution in [0, 0.1) is 0 Å². The first-order chi connectivity index (χ1) is 7.70. The molecule has 1 aromatic rings. The van der Waals surface area contributed by atoms with E-state index in [1.165, 1.54) is 30.7 Å². The average Bonchev–Trinajstić information content (AvgIpc) is 2.68. The van der Waals surface area contributed by atoms with Gasteiger partial charge in [0.2, 0.25) is 0 Å². The number of rotatable bonds is 3. The Morgan fingerprint density at radius 1 is 1.44 bits per heavy atom. The van der Waals surface area contributed by atoms with Gasteiger partial charge in [0.1, 0.15) is 18.0 Å². The molecule has 0 spiro atoms. The van der Waals surface area contributed by atoms with Crippen molar-refractivity contribution >= 4 is 21.6 Å². The number of hydrogen-bond donors (Lipinski definition) is 0. The van der Waals surface area contributed by atoms with Gasteiger partial charge in [0, 0.05) is 29.8 Å². The fourth-order valence-corrected chi connectivity index (χ4v) is 2.47. The molecular weight excluding hydrogens is 266 g/mol. The second-order valence-electron chi connectivity index (χ2n) is 4.22. The molecule has 86 valence electrons. The molecule has 1 aromatic carbocycles. The first-order valence-electron chi connectivity index (χ1n) is 5.60. The van der Waals surface area contributed by atoms with Crippen LogP contribution in [-0.2, 0) is 6.54 Å². The van der Waals surface area contributed by atoms with Crippen LogP contribution in [0.25, 0.3) is 0 Å². The van der Waals surface area contributed by atoms with Gasteiger partial charge in [0.05, 0.1) is 7.11 Å². The Hall–Kier alpha value is -0.830. The van der Waals surface area contributed by atoms with Crippen LogP contribution >= 0.6 is 15.9 Å². The molecule has 16 heavy (non-hydrogen) atoms. The van der Waals surface area contributed by atoms with Gasteiger partial charge in [-0.1, -0.05) is 15.9 Å². The van der Waals surface area contributed by atoms with Gasteiger partial charge < -0.3 is 4.74 Å². The maximum absolute atomic E-state index is 5.26. The van der Waals surface area contributed by atoms with Crippen LogP contribution in [0.2, 0.25) is 0 Å². The van der Waals surface area contributed by atoms with E-state index in [9.17, 15) is 0 Å². The number of benzene rings is 1. The third kappa shape index (κ3) is 2.46. The van der Waals surface area contributed by atoms with Crippen molar-refractivity contribution in [2.24, 2.45) is 0 Å². The van der Waals surface area contributed by atoms with Gasteiger partial charge in [-0.25, -0.2) is 4.58 Å². The van der Waals surface area contributed by atoms with E-state index in [1.807, 2.05) is 6.07 Å². The normalized spacial score (nSPS) is 15.7. The predicted octanol–water partition coefficient (Wildman–Crippen LogP) is 3.22. The van der Waals surface area contributed by atoms with Crippen LogP contribution in [-0.4, -0.2) is 23.9 Å². The van der Waals surface area contributed by atoms with Crippen molar-refractivity contribution < 1.29 is 9.31 Å². The number of ether oxygens (including phenoxy) is 1. The molecule has 0 amide bonds. The first kappa shape index (κ1) is 11.6. The molecule has 0 aromatic heterocycles. The second kappa shape index (κ2) is 5.00. The Morgan fingerprint density at radius 2 is 2.25 bits per heavy atom. The van der Waals surface area contributed by atoms with E-state index in [-0.39, 0.29) is 0 Å². The van der Waals surface area contributed by atoms with Crippen molar-refractivity contribution in [2.75, 3.05) is 13.7 Å². The minimum absolute atomic E-state index is 0.926. The van der Waals surface area contributed by atoms with E-state index in [1.54, 1.807) is 7.11 Å². The second-order valence-corrected chi connectivity index (χ2v) is 5.07. The Bertz CT molecular complexity index is 426. The largest absolute Gasteiger partial charge is 0.497 e. The van der Waals surface area contributed by atoms with Crippen LogP contribution in [0.15, 0.2) is 22.7 Å². The maximum atomic E-state index is 5.26. The number of methoxy groups -OCH3 is 1. The minimum atomic E-state index is 0.926. The quantitative estimate of drug-likeness (QED) is 0.776. The SMILES string of the molecule is COc1ccc(Br)c(C[N+]2=C(C)CCC2)c1.